The third kappa shape index (κ3) is 7.37. The Morgan fingerprint density at radius 3 is 2.60 bits per heavy atom. The van der Waals surface area contributed by atoms with Crippen molar-refractivity contribution in [1.29, 1.82) is 0 Å². The molecule has 4 rings (SSSR count). The van der Waals surface area contributed by atoms with Crippen LogP contribution in [0.15, 0.2) is 71.1 Å². The Kier molecular flexibility index (Phi) is 8.08. The first-order chi connectivity index (χ1) is 17.0. The van der Waals surface area contributed by atoms with Gasteiger partial charge in [-0.3, -0.25) is 9.97 Å². The summed E-state index contributed by atoms with van der Waals surface area (Å²) in [5.74, 6) is 0.706. The molecule has 1 aromatic carbocycles. The molecular formula is C28H32N4O3. The second-order valence-corrected chi connectivity index (χ2v) is 9.49. The summed E-state index contributed by atoms with van der Waals surface area (Å²) in [5.41, 5.74) is 5.67. The molecule has 0 atom stereocenters. The predicted molar refractivity (Wildman–Crippen MR) is 137 cm³/mol. The number of pyridine rings is 2. The van der Waals surface area contributed by atoms with Gasteiger partial charge in [-0.05, 0) is 55.5 Å². The lowest BCUT2D eigenvalue weighted by atomic mass is 9.94. The lowest BCUT2D eigenvalue weighted by Gasteiger charge is -2.22. The Hall–Kier alpha value is -3.74. The highest BCUT2D eigenvalue weighted by molar-refractivity contribution is 6.00. The highest BCUT2D eigenvalue weighted by atomic mass is 16.6. The molecule has 182 valence electrons. The van der Waals surface area contributed by atoms with E-state index in [-0.39, 0.29) is 5.41 Å². The smallest absolute Gasteiger partial charge is 0.138 e. The van der Waals surface area contributed by atoms with E-state index in [0.29, 0.717) is 31.3 Å². The van der Waals surface area contributed by atoms with Crippen molar-refractivity contribution in [2.24, 2.45) is 15.7 Å². The Bertz CT molecular complexity index is 1160. The van der Waals surface area contributed by atoms with Crippen molar-refractivity contribution in [3.05, 3.63) is 89.0 Å². The lowest BCUT2D eigenvalue weighted by molar-refractivity contribution is 0.000295. The van der Waals surface area contributed by atoms with Crippen molar-refractivity contribution in [1.82, 2.24) is 9.97 Å². The first kappa shape index (κ1) is 24.4. The average molecular weight is 473 g/mol. The molecule has 0 aliphatic heterocycles. The zero-order chi connectivity index (χ0) is 24.5. The quantitative estimate of drug-likeness (QED) is 0.288. The number of oxime groups is 2. The van der Waals surface area contributed by atoms with Crippen LogP contribution in [0.3, 0.4) is 0 Å². The first-order valence-electron chi connectivity index (χ1n) is 11.9. The minimum atomic E-state index is -0.262. The fourth-order valence-corrected chi connectivity index (χ4v) is 3.61. The number of hydrogen-bond donors (Lipinski definition) is 0. The molecule has 0 N–H and O–H groups in total. The number of rotatable bonds is 10. The molecule has 3 aromatic rings. The number of ether oxygens (including phenoxy) is 1. The van der Waals surface area contributed by atoms with Crippen molar-refractivity contribution in [3.8, 4) is 5.75 Å². The molecule has 7 heteroatoms. The summed E-state index contributed by atoms with van der Waals surface area (Å²) in [4.78, 5) is 20.2. The molecule has 0 unspecified atom stereocenters. The van der Waals surface area contributed by atoms with Gasteiger partial charge in [-0.1, -0.05) is 60.6 Å². The van der Waals surface area contributed by atoms with Gasteiger partial charge in [0.1, 0.15) is 31.3 Å². The third-order valence-corrected chi connectivity index (χ3v) is 5.60. The highest BCUT2D eigenvalue weighted by Gasteiger charge is 2.22. The molecule has 0 amide bonds. The molecule has 35 heavy (non-hydrogen) atoms. The number of nitrogens with zero attached hydrogens (tertiary/aromatic N) is 4. The van der Waals surface area contributed by atoms with Gasteiger partial charge in [0, 0.05) is 11.1 Å². The van der Waals surface area contributed by atoms with E-state index in [1.54, 1.807) is 12.4 Å². The van der Waals surface area contributed by atoms with Crippen LogP contribution < -0.4 is 4.74 Å². The van der Waals surface area contributed by atoms with Crippen molar-refractivity contribution in [2.45, 2.75) is 46.6 Å². The van der Waals surface area contributed by atoms with E-state index >= 15 is 0 Å². The fraction of sp³-hybridized carbons (Fsp3) is 0.357. The number of hydrogen-bond acceptors (Lipinski definition) is 7. The fourth-order valence-electron chi connectivity index (χ4n) is 3.61. The van der Waals surface area contributed by atoms with Crippen LogP contribution >= 0.6 is 0 Å². The maximum absolute atomic E-state index is 5.76. The van der Waals surface area contributed by atoms with Crippen LogP contribution in [0.25, 0.3) is 0 Å². The highest BCUT2D eigenvalue weighted by Crippen LogP contribution is 2.22. The second kappa shape index (κ2) is 11.6. The van der Waals surface area contributed by atoms with Crippen LogP contribution in [0, 0.1) is 12.3 Å². The third-order valence-electron chi connectivity index (χ3n) is 5.60. The molecule has 1 aliphatic carbocycles. The van der Waals surface area contributed by atoms with Crippen molar-refractivity contribution in [2.75, 3.05) is 13.2 Å². The number of fused-ring (bicyclic) bond motifs is 1. The van der Waals surface area contributed by atoms with E-state index in [9.17, 15) is 0 Å². The normalized spacial score (nSPS) is 14.7. The molecular weight excluding hydrogens is 440 g/mol. The topological polar surface area (TPSA) is 78.2 Å². The molecule has 0 saturated heterocycles. The van der Waals surface area contributed by atoms with Gasteiger partial charge in [-0.25, -0.2) is 0 Å². The molecule has 2 heterocycles. The van der Waals surface area contributed by atoms with Gasteiger partial charge in [0.15, 0.2) is 0 Å². The van der Waals surface area contributed by atoms with Gasteiger partial charge in [0.25, 0.3) is 0 Å². The number of aryl methyl sites for hydroxylation is 2. The van der Waals surface area contributed by atoms with Crippen LogP contribution in [-0.4, -0.2) is 35.1 Å². The zero-order valence-corrected chi connectivity index (χ0v) is 20.6. The van der Waals surface area contributed by atoms with Crippen molar-refractivity contribution >= 4 is 11.9 Å². The van der Waals surface area contributed by atoms with Gasteiger partial charge >= 0.3 is 0 Å². The Labute approximate surface area is 206 Å². The molecule has 2 aromatic heterocycles. The molecule has 0 bridgehead atoms. The van der Waals surface area contributed by atoms with Gasteiger partial charge in [-0.2, -0.15) is 0 Å². The molecule has 0 saturated carbocycles. The molecule has 0 spiro atoms. The standard InChI is InChI=1S/C28H32N4O3/c1-21-12-13-23-10-7-11-26(27(23)31-21)32-35-20-28(2,3)19-34-30-16-24-14-15-25(17-29-24)33-18-22-8-5-4-6-9-22/h4-6,8-9,12-17H,7,10-11,18-20H2,1-3H3. The Balaban J connectivity index is 1.21. The van der Waals surface area contributed by atoms with E-state index in [1.807, 2.05) is 55.5 Å². The van der Waals surface area contributed by atoms with Crippen LogP contribution in [0.5, 0.6) is 5.75 Å². The SMILES string of the molecule is Cc1ccc2c(n1)C(=NOCC(C)(C)CON=Cc1ccc(OCc3ccccc3)cn1)CCC2. The maximum Gasteiger partial charge on any atom is 0.138 e. The summed E-state index contributed by atoms with van der Waals surface area (Å²) in [6.07, 6.45) is 6.26. The van der Waals surface area contributed by atoms with Gasteiger partial charge in [0.05, 0.1) is 23.8 Å². The molecule has 1 aliphatic rings. The van der Waals surface area contributed by atoms with Crippen LogP contribution in [-0.2, 0) is 22.7 Å². The summed E-state index contributed by atoms with van der Waals surface area (Å²) < 4.78 is 5.76. The largest absolute Gasteiger partial charge is 0.487 e. The van der Waals surface area contributed by atoms with Crippen LogP contribution in [0.1, 0.15) is 54.9 Å². The Morgan fingerprint density at radius 2 is 1.80 bits per heavy atom. The monoisotopic (exact) mass is 472 g/mol. The van der Waals surface area contributed by atoms with E-state index in [2.05, 4.69) is 40.2 Å². The summed E-state index contributed by atoms with van der Waals surface area (Å²) in [5, 5.41) is 8.47. The van der Waals surface area contributed by atoms with E-state index in [0.717, 1.165) is 41.9 Å². The number of benzene rings is 1. The summed E-state index contributed by atoms with van der Waals surface area (Å²) in [7, 11) is 0. The Morgan fingerprint density at radius 1 is 0.971 bits per heavy atom. The van der Waals surface area contributed by atoms with E-state index in [1.165, 1.54) is 5.56 Å². The van der Waals surface area contributed by atoms with Crippen molar-refractivity contribution < 1.29 is 14.4 Å². The van der Waals surface area contributed by atoms with Crippen molar-refractivity contribution in [3.63, 3.8) is 0 Å². The molecule has 0 radical (unpaired) electrons. The summed E-state index contributed by atoms with van der Waals surface area (Å²) in [6, 6.07) is 17.9. The predicted octanol–water partition coefficient (Wildman–Crippen LogP) is 5.50. The number of aromatic nitrogens is 2. The average Bonchev–Trinajstić information content (AvgIpc) is 2.87. The van der Waals surface area contributed by atoms with Gasteiger partial charge in [-0.15, -0.1) is 0 Å². The van der Waals surface area contributed by atoms with Gasteiger partial charge < -0.3 is 14.4 Å². The van der Waals surface area contributed by atoms with Crippen LogP contribution in [0.2, 0.25) is 0 Å². The minimum absolute atomic E-state index is 0.262. The lowest BCUT2D eigenvalue weighted by Crippen LogP contribution is -2.24. The maximum atomic E-state index is 5.76. The second-order valence-electron chi connectivity index (χ2n) is 9.49. The van der Waals surface area contributed by atoms with E-state index in [4.69, 9.17) is 14.4 Å². The summed E-state index contributed by atoms with van der Waals surface area (Å²) >= 11 is 0. The molecule has 0 fully saturated rings. The summed E-state index contributed by atoms with van der Waals surface area (Å²) in [6.45, 7) is 7.41. The van der Waals surface area contributed by atoms with Crippen LogP contribution in [0.4, 0.5) is 0 Å². The zero-order valence-electron chi connectivity index (χ0n) is 20.6. The first-order valence-corrected chi connectivity index (χ1v) is 11.9. The minimum Gasteiger partial charge on any atom is -0.487 e. The molecule has 7 nitrogen and oxygen atoms in total. The van der Waals surface area contributed by atoms with E-state index < -0.39 is 0 Å². The van der Waals surface area contributed by atoms with Gasteiger partial charge in [0.2, 0.25) is 0 Å².